The summed E-state index contributed by atoms with van der Waals surface area (Å²) in [7, 11) is 3.56. The number of fused-ring (bicyclic) bond motifs is 1. The second kappa shape index (κ2) is 18.4. The molecule has 270 valence electrons. The highest BCUT2D eigenvalue weighted by atomic mass is 16.5. The summed E-state index contributed by atoms with van der Waals surface area (Å²) < 4.78 is 17.9. The van der Waals surface area contributed by atoms with E-state index in [4.69, 9.17) is 14.2 Å². The van der Waals surface area contributed by atoms with Crippen molar-refractivity contribution in [2.45, 2.75) is 64.8 Å². The lowest BCUT2D eigenvalue weighted by Crippen LogP contribution is -2.47. The van der Waals surface area contributed by atoms with Gasteiger partial charge in [0.2, 0.25) is 0 Å². The van der Waals surface area contributed by atoms with E-state index in [1.54, 1.807) is 73.5 Å². The third-order valence-corrected chi connectivity index (χ3v) is 8.80. The number of rotatable bonds is 10. The molecule has 0 radical (unpaired) electrons. The maximum absolute atomic E-state index is 14.4. The number of ether oxygens (including phenoxy) is 3. The highest BCUT2D eigenvalue weighted by Crippen LogP contribution is 2.29. The van der Waals surface area contributed by atoms with Crippen LogP contribution in [0.15, 0.2) is 66.7 Å². The summed E-state index contributed by atoms with van der Waals surface area (Å²) in [5, 5.41) is 25.1. The number of carbonyl (C=O) groups excluding carboxylic acids is 2. The number of aliphatic hydroxyl groups excluding tert-OH is 1. The number of hydrogen-bond donors (Lipinski definition) is 4. The van der Waals surface area contributed by atoms with Crippen molar-refractivity contribution >= 4 is 29.3 Å². The highest BCUT2D eigenvalue weighted by Gasteiger charge is 2.30. The average molecular weight is 691 g/mol. The van der Waals surface area contributed by atoms with Gasteiger partial charge in [-0.15, -0.1) is 0 Å². The van der Waals surface area contributed by atoms with Crippen LogP contribution in [0.1, 0.15) is 66.3 Å². The number of anilines is 2. The number of aliphatic hydroxyl groups is 1. The van der Waals surface area contributed by atoms with E-state index in [-0.39, 0.29) is 41.8 Å². The maximum atomic E-state index is 14.4. The van der Waals surface area contributed by atoms with Gasteiger partial charge in [0.05, 0.1) is 43.1 Å². The number of benzene rings is 3. The van der Waals surface area contributed by atoms with Gasteiger partial charge in [0.1, 0.15) is 11.5 Å². The number of methoxy groups -OCH3 is 1. The molecule has 12 nitrogen and oxygen atoms in total. The standard InChI is InChI=1S/C38H50N4O8/c1-25-21-42(26(2)24-43)36(44)33-20-31(40-38(47)39-30-13-16-32(48-5)17-14-30)15-18-34(33)50-27(3)8-6-7-19-49-35(25)23-41(4)22-28-9-11-29(12-10-28)37(45)46/h9-18,20,25-27,35,43H,6-8,19,21-24H2,1-5H3,(H,45,46)(H2,39,40,47)/t25-,26+,27+,35-/m0/s1. The number of urea groups is 1. The number of likely N-dealkylation sites (N-methyl/N-ethyl adjacent to an activating group) is 1. The Hall–Kier alpha value is -4.65. The molecule has 3 aromatic rings. The van der Waals surface area contributed by atoms with Gasteiger partial charge in [-0.1, -0.05) is 19.1 Å². The van der Waals surface area contributed by atoms with Crippen LogP contribution in [0.3, 0.4) is 0 Å². The van der Waals surface area contributed by atoms with Gasteiger partial charge in [0.15, 0.2) is 0 Å². The maximum Gasteiger partial charge on any atom is 0.335 e. The topological polar surface area (TPSA) is 150 Å². The van der Waals surface area contributed by atoms with Crippen LogP contribution in [0.4, 0.5) is 16.2 Å². The van der Waals surface area contributed by atoms with Crippen LogP contribution in [0.2, 0.25) is 0 Å². The van der Waals surface area contributed by atoms with Gasteiger partial charge in [0.25, 0.3) is 5.91 Å². The Morgan fingerprint density at radius 2 is 1.70 bits per heavy atom. The van der Waals surface area contributed by atoms with E-state index in [1.165, 1.54) is 0 Å². The molecule has 1 aliphatic heterocycles. The molecular weight excluding hydrogens is 640 g/mol. The van der Waals surface area contributed by atoms with E-state index in [1.807, 2.05) is 33.0 Å². The number of nitrogens with zero attached hydrogens (tertiary/aromatic N) is 2. The molecule has 1 heterocycles. The smallest absolute Gasteiger partial charge is 0.335 e. The largest absolute Gasteiger partial charge is 0.497 e. The molecule has 0 fully saturated rings. The number of aromatic carboxylic acids is 1. The first-order valence-electron chi connectivity index (χ1n) is 17.0. The zero-order valence-electron chi connectivity index (χ0n) is 29.6. The molecule has 0 spiro atoms. The number of amides is 3. The summed E-state index contributed by atoms with van der Waals surface area (Å²) >= 11 is 0. The van der Waals surface area contributed by atoms with Crippen molar-refractivity contribution in [3.63, 3.8) is 0 Å². The summed E-state index contributed by atoms with van der Waals surface area (Å²) in [5.74, 6) is -0.338. The van der Waals surface area contributed by atoms with Crippen LogP contribution in [-0.2, 0) is 11.3 Å². The quantitative estimate of drug-likeness (QED) is 0.202. The summed E-state index contributed by atoms with van der Waals surface area (Å²) in [6.07, 6.45) is 2.05. The number of carboxylic acid groups (broad SMARTS) is 1. The van der Waals surface area contributed by atoms with Crippen molar-refractivity contribution < 1.29 is 38.8 Å². The minimum Gasteiger partial charge on any atom is -0.497 e. The highest BCUT2D eigenvalue weighted by molar-refractivity contribution is 6.02. The van der Waals surface area contributed by atoms with Gasteiger partial charge >= 0.3 is 12.0 Å². The third-order valence-electron chi connectivity index (χ3n) is 8.80. The van der Waals surface area contributed by atoms with Gasteiger partial charge in [-0.05, 0) is 100 Å². The van der Waals surface area contributed by atoms with Crippen molar-refractivity contribution in [3.8, 4) is 11.5 Å². The zero-order chi connectivity index (χ0) is 36.2. The Bertz CT molecular complexity index is 1570. The lowest BCUT2D eigenvalue weighted by atomic mass is 10.0. The predicted octanol–water partition coefficient (Wildman–Crippen LogP) is 5.96. The van der Waals surface area contributed by atoms with E-state index >= 15 is 0 Å². The van der Waals surface area contributed by atoms with Gasteiger partial charge in [-0.25, -0.2) is 9.59 Å². The fraction of sp³-hybridized carbons (Fsp3) is 0.447. The summed E-state index contributed by atoms with van der Waals surface area (Å²) in [6, 6.07) is 17.8. The first-order chi connectivity index (χ1) is 24.0. The van der Waals surface area contributed by atoms with Gasteiger partial charge in [-0.2, -0.15) is 0 Å². The van der Waals surface area contributed by atoms with E-state index in [0.29, 0.717) is 49.1 Å². The van der Waals surface area contributed by atoms with Crippen molar-refractivity contribution in [3.05, 3.63) is 83.4 Å². The first-order valence-corrected chi connectivity index (χ1v) is 17.0. The van der Waals surface area contributed by atoms with Gasteiger partial charge < -0.3 is 40.0 Å². The molecule has 50 heavy (non-hydrogen) atoms. The van der Waals surface area contributed by atoms with Crippen molar-refractivity contribution in [1.82, 2.24) is 9.80 Å². The Labute approximate surface area is 294 Å². The minimum absolute atomic E-state index is 0.118. The van der Waals surface area contributed by atoms with Crippen LogP contribution in [-0.4, -0.2) is 96.6 Å². The van der Waals surface area contributed by atoms with Crippen molar-refractivity contribution in [1.29, 1.82) is 0 Å². The van der Waals surface area contributed by atoms with Crippen LogP contribution in [0.5, 0.6) is 11.5 Å². The van der Waals surface area contributed by atoms with Crippen molar-refractivity contribution in [2.75, 3.05) is 51.1 Å². The van der Waals surface area contributed by atoms with Crippen LogP contribution >= 0.6 is 0 Å². The molecule has 0 aromatic heterocycles. The van der Waals surface area contributed by atoms with E-state index < -0.39 is 18.0 Å². The lowest BCUT2D eigenvalue weighted by Gasteiger charge is -2.36. The lowest BCUT2D eigenvalue weighted by molar-refractivity contribution is -0.0177. The van der Waals surface area contributed by atoms with Crippen LogP contribution in [0.25, 0.3) is 0 Å². The van der Waals surface area contributed by atoms with Gasteiger partial charge in [-0.3, -0.25) is 9.69 Å². The molecule has 0 saturated heterocycles. The molecule has 0 unspecified atom stereocenters. The molecule has 3 amide bonds. The SMILES string of the molecule is COc1ccc(NC(=O)Nc2ccc3c(c2)C(=O)N([C@H](C)CO)C[C@H](C)[C@H](CN(C)Cc2ccc(C(=O)O)cc2)OCCCC[C@@H](C)O3)cc1. The molecular formula is C38H50N4O8. The molecule has 1 aliphatic rings. The third kappa shape index (κ3) is 10.9. The van der Waals surface area contributed by atoms with E-state index in [9.17, 15) is 24.6 Å². The second-order valence-electron chi connectivity index (χ2n) is 13.0. The van der Waals surface area contributed by atoms with Crippen molar-refractivity contribution in [2.24, 2.45) is 5.92 Å². The fourth-order valence-electron chi connectivity index (χ4n) is 5.87. The van der Waals surface area contributed by atoms with E-state index in [2.05, 4.69) is 15.5 Å². The predicted molar refractivity (Wildman–Crippen MR) is 192 cm³/mol. The summed E-state index contributed by atoms with van der Waals surface area (Å²) in [4.78, 5) is 42.3. The molecule has 0 bridgehead atoms. The molecule has 4 N–H and O–H groups in total. The zero-order valence-corrected chi connectivity index (χ0v) is 29.6. The number of carbonyl (C=O) groups is 3. The molecule has 0 aliphatic carbocycles. The molecule has 12 heteroatoms. The Morgan fingerprint density at radius 1 is 1.02 bits per heavy atom. The summed E-state index contributed by atoms with van der Waals surface area (Å²) in [6.45, 7) is 7.57. The molecule has 4 rings (SSSR count). The van der Waals surface area contributed by atoms with Gasteiger partial charge in [0, 0.05) is 43.5 Å². The molecule has 4 atom stereocenters. The molecule has 0 saturated carbocycles. The Morgan fingerprint density at radius 3 is 2.36 bits per heavy atom. The monoisotopic (exact) mass is 690 g/mol. The Kier molecular flexibility index (Phi) is 14.0. The average Bonchev–Trinajstić information content (AvgIpc) is 3.10. The second-order valence-corrected chi connectivity index (χ2v) is 13.0. The molecule has 3 aromatic carbocycles. The number of nitrogens with one attached hydrogen (secondary N) is 2. The van der Waals surface area contributed by atoms with Crippen LogP contribution < -0.4 is 20.1 Å². The minimum atomic E-state index is -0.964. The first kappa shape index (κ1) is 38.2. The number of carboxylic acids is 1. The number of hydrogen-bond acceptors (Lipinski definition) is 8. The van der Waals surface area contributed by atoms with Crippen LogP contribution in [0, 0.1) is 5.92 Å². The normalized spacial score (nSPS) is 19.5. The fourth-order valence-corrected chi connectivity index (χ4v) is 5.87. The summed E-state index contributed by atoms with van der Waals surface area (Å²) in [5.41, 5.74) is 2.48. The Balaban J connectivity index is 1.56. The van der Waals surface area contributed by atoms with E-state index in [0.717, 1.165) is 24.8 Å².